The maximum atomic E-state index is 11.9. The minimum absolute atomic E-state index is 0.382. The zero-order valence-corrected chi connectivity index (χ0v) is 43.1. The fourth-order valence-corrected chi connectivity index (χ4v) is 9.22. The van der Waals surface area contributed by atoms with E-state index >= 15 is 0 Å². The van der Waals surface area contributed by atoms with E-state index < -0.39 is 17.1 Å². The van der Waals surface area contributed by atoms with Gasteiger partial charge in [0.05, 0.1) is 53.6 Å². The molecule has 3 aliphatic heterocycles. The first kappa shape index (κ1) is 51.4. The average molecular weight is 1060 g/mol. The topological polar surface area (TPSA) is 272 Å². The number of ether oxygens (including phenoxy) is 6. The van der Waals surface area contributed by atoms with Crippen LogP contribution in [0.25, 0.3) is 33.8 Å². The maximum absolute atomic E-state index is 11.9. The van der Waals surface area contributed by atoms with Crippen LogP contribution in [0.4, 0.5) is 0 Å². The van der Waals surface area contributed by atoms with E-state index in [1.165, 1.54) is 20.0 Å². The zero-order valence-electron chi connectivity index (χ0n) is 43.1. The zero-order chi connectivity index (χ0) is 54.8. The van der Waals surface area contributed by atoms with Gasteiger partial charge in [0.1, 0.15) is 35.1 Å². The van der Waals surface area contributed by atoms with E-state index in [0.717, 1.165) is 57.7 Å². The Hall–Kier alpha value is -10.1. The Morgan fingerprint density at radius 3 is 1.13 bits per heavy atom. The van der Waals surface area contributed by atoms with Gasteiger partial charge in [-0.15, -0.1) is 0 Å². The normalized spacial score (nSPS) is 12.5. The summed E-state index contributed by atoms with van der Waals surface area (Å²) in [6.45, 7) is 6.89. The largest absolute Gasteiger partial charge is 0.493 e. The van der Waals surface area contributed by atoms with Crippen molar-refractivity contribution >= 4 is 0 Å². The molecule has 0 amide bonds. The number of fused-ring (bicyclic) bond motifs is 3. The molecular weight excluding hydrogens is 1000 g/mol. The minimum Gasteiger partial charge on any atom is -0.493 e. The number of rotatable bonds is 9. The van der Waals surface area contributed by atoms with Crippen molar-refractivity contribution < 1.29 is 28.4 Å². The lowest BCUT2D eigenvalue weighted by atomic mass is 10.1. The summed E-state index contributed by atoms with van der Waals surface area (Å²) in [6, 6.07) is 25.2. The molecule has 0 saturated carbocycles. The van der Waals surface area contributed by atoms with Crippen LogP contribution in [0.15, 0.2) is 132 Å². The SMILES string of the molecule is Cc1c(-c2ccc(Oc3nccc4c3CCO4)cc2)n(C)c(=O)[nH]c1=O.Cc1c(-c2ccc(Oc3nccc4c3CCO4)cc2)n(C)c(=O)[nH]c1=O.Cc1c(-c2ccc(Oc3ncnc4c3CCO4)cc2)n(C)c(=O)[nH]c1=O. The second-order valence-electron chi connectivity index (χ2n) is 18.2. The highest BCUT2D eigenvalue weighted by atomic mass is 16.5. The van der Waals surface area contributed by atoms with Gasteiger partial charge in [0, 0.05) is 69.5 Å². The average Bonchev–Trinajstić information content (AvgIpc) is 4.27. The highest BCUT2D eigenvalue weighted by molar-refractivity contribution is 5.66. The Labute approximate surface area is 442 Å². The summed E-state index contributed by atoms with van der Waals surface area (Å²) in [6.07, 6.45) is 6.96. The van der Waals surface area contributed by atoms with Crippen LogP contribution in [0, 0.1) is 20.8 Å². The summed E-state index contributed by atoms with van der Waals surface area (Å²) in [7, 11) is 4.87. The Morgan fingerprint density at radius 2 is 0.756 bits per heavy atom. The molecule has 22 heteroatoms. The number of pyridine rings is 2. The first-order chi connectivity index (χ1) is 37.6. The first-order valence-corrected chi connectivity index (χ1v) is 24.6. The molecule has 0 aliphatic carbocycles. The standard InChI is InChI=1S/2C19H17N3O4.C18H16N4O4/c2*1-11-16(22(2)19(24)21-17(11)23)12-3-5-13(6-4-12)26-18-14-8-10-25-15(14)7-9-20-18;1-10-14(22(2)18(24)21-15(10)23)11-3-5-12(6-4-11)26-17-13-7-8-25-16(13)19-9-20-17/h2*3-7,9H,8,10H2,1-2H3,(H,21,23,24);3-6,9H,7-8H2,1-2H3,(H,21,23,24). The van der Waals surface area contributed by atoms with Crippen molar-refractivity contribution in [3.8, 4) is 86.0 Å². The van der Waals surface area contributed by atoms with Gasteiger partial charge in [-0.25, -0.2) is 34.3 Å². The molecule has 0 unspecified atom stereocenters. The molecule has 22 nitrogen and oxygen atoms in total. The summed E-state index contributed by atoms with van der Waals surface area (Å²) in [4.78, 5) is 94.9. The van der Waals surface area contributed by atoms with Gasteiger partial charge >= 0.3 is 17.1 Å². The number of hydrogen-bond donors (Lipinski definition) is 3. The van der Waals surface area contributed by atoms with Gasteiger partial charge in [0.2, 0.25) is 23.5 Å². The molecule has 0 saturated heterocycles. The van der Waals surface area contributed by atoms with Crippen molar-refractivity contribution in [1.82, 2.24) is 48.6 Å². The number of aromatic nitrogens is 10. The van der Waals surface area contributed by atoms with E-state index in [4.69, 9.17) is 28.4 Å². The third-order valence-electron chi connectivity index (χ3n) is 13.3. The molecule has 396 valence electrons. The molecule has 0 spiro atoms. The Kier molecular flexibility index (Phi) is 14.2. The van der Waals surface area contributed by atoms with Crippen LogP contribution in [0.3, 0.4) is 0 Å². The summed E-state index contributed by atoms with van der Waals surface area (Å²) in [5.41, 5.74) is 5.73. The smallest absolute Gasteiger partial charge is 0.328 e. The third-order valence-corrected chi connectivity index (χ3v) is 13.3. The van der Waals surface area contributed by atoms with Gasteiger partial charge in [0.25, 0.3) is 16.7 Å². The number of aromatic amines is 3. The lowest BCUT2D eigenvalue weighted by Gasteiger charge is -2.12. The summed E-state index contributed by atoms with van der Waals surface area (Å²) in [5.74, 6) is 5.54. The number of hydrogen-bond acceptors (Lipinski definition) is 16. The molecular formula is C56H50N10O12. The summed E-state index contributed by atoms with van der Waals surface area (Å²) in [5, 5.41) is 0. The van der Waals surface area contributed by atoms with E-state index in [0.29, 0.717) is 101 Å². The van der Waals surface area contributed by atoms with Gasteiger partial charge < -0.3 is 28.4 Å². The number of nitrogens with zero attached hydrogens (tertiary/aromatic N) is 7. The molecule has 3 N–H and O–H groups in total. The highest BCUT2D eigenvalue weighted by Crippen LogP contribution is 2.37. The lowest BCUT2D eigenvalue weighted by molar-refractivity contribution is 0.344. The van der Waals surface area contributed by atoms with Crippen molar-refractivity contribution in [2.24, 2.45) is 21.1 Å². The maximum Gasteiger partial charge on any atom is 0.328 e. The van der Waals surface area contributed by atoms with Crippen molar-refractivity contribution in [2.75, 3.05) is 19.8 Å². The van der Waals surface area contributed by atoms with Crippen molar-refractivity contribution in [3.63, 3.8) is 0 Å². The third kappa shape index (κ3) is 10.3. The lowest BCUT2D eigenvalue weighted by Crippen LogP contribution is -2.31. The van der Waals surface area contributed by atoms with E-state index in [-0.39, 0.29) is 16.7 Å². The molecule has 6 aromatic heterocycles. The fraction of sp³-hybridized carbons (Fsp3) is 0.214. The molecule has 3 aromatic carbocycles. The van der Waals surface area contributed by atoms with Crippen LogP contribution in [0.1, 0.15) is 33.4 Å². The van der Waals surface area contributed by atoms with Gasteiger partial charge in [0.15, 0.2) is 0 Å². The minimum atomic E-state index is -0.451. The van der Waals surface area contributed by atoms with Gasteiger partial charge in [-0.05, 0) is 122 Å². The van der Waals surface area contributed by atoms with Gasteiger partial charge in [-0.3, -0.25) is 43.0 Å². The molecule has 3 aliphatic rings. The predicted molar refractivity (Wildman–Crippen MR) is 286 cm³/mol. The number of H-pyrrole nitrogens is 3. The second kappa shape index (κ2) is 21.6. The quantitative estimate of drug-likeness (QED) is 0.152. The van der Waals surface area contributed by atoms with E-state index in [9.17, 15) is 28.8 Å². The first-order valence-electron chi connectivity index (χ1n) is 24.6. The molecule has 0 radical (unpaired) electrons. The fourth-order valence-electron chi connectivity index (χ4n) is 9.22. The monoisotopic (exact) mass is 1050 g/mol. The van der Waals surface area contributed by atoms with Crippen molar-refractivity contribution in [3.05, 3.63) is 200 Å². The van der Waals surface area contributed by atoms with E-state index in [1.807, 2.05) is 36.4 Å². The van der Waals surface area contributed by atoms with E-state index in [2.05, 4.69) is 34.9 Å². The molecule has 78 heavy (non-hydrogen) atoms. The predicted octanol–water partition coefficient (Wildman–Crippen LogP) is 5.91. The molecule has 9 heterocycles. The Morgan fingerprint density at radius 1 is 0.423 bits per heavy atom. The van der Waals surface area contributed by atoms with Crippen LogP contribution in [-0.4, -0.2) is 68.4 Å². The highest BCUT2D eigenvalue weighted by Gasteiger charge is 2.23. The van der Waals surface area contributed by atoms with Crippen molar-refractivity contribution in [1.29, 1.82) is 0 Å². The molecule has 9 aromatic rings. The Balaban J connectivity index is 0.000000132. The number of nitrogens with one attached hydrogen (secondary N) is 3. The van der Waals surface area contributed by atoms with Crippen LogP contribution < -0.4 is 62.2 Å². The van der Waals surface area contributed by atoms with Gasteiger partial charge in [-0.2, -0.15) is 0 Å². The molecule has 0 fully saturated rings. The molecule has 12 rings (SSSR count). The molecule has 0 bridgehead atoms. The number of benzene rings is 3. The van der Waals surface area contributed by atoms with Crippen LogP contribution in [0.5, 0.6) is 52.3 Å². The Bertz CT molecular complexity index is 3620. The van der Waals surface area contributed by atoms with Gasteiger partial charge in [-0.1, -0.05) is 0 Å². The van der Waals surface area contributed by atoms with Crippen molar-refractivity contribution in [2.45, 2.75) is 40.0 Å². The summed E-state index contributed by atoms with van der Waals surface area (Å²) < 4.78 is 38.3. The van der Waals surface area contributed by atoms with Crippen LogP contribution >= 0.6 is 0 Å². The van der Waals surface area contributed by atoms with Crippen LogP contribution in [-0.2, 0) is 40.4 Å². The van der Waals surface area contributed by atoms with E-state index in [1.54, 1.807) is 103 Å². The van der Waals surface area contributed by atoms with Crippen LogP contribution in [0.2, 0.25) is 0 Å². The summed E-state index contributed by atoms with van der Waals surface area (Å²) >= 11 is 0. The second-order valence-corrected chi connectivity index (χ2v) is 18.2. The molecule has 0 atom stereocenters.